The Balaban J connectivity index is 1.67. The minimum atomic E-state index is -0.0335. The molecule has 0 atom stereocenters. The Labute approximate surface area is 129 Å². The average molecular weight is 303 g/mol. The molecule has 0 aromatic carbocycles. The van der Waals surface area contributed by atoms with Crippen LogP contribution in [0.3, 0.4) is 0 Å². The van der Waals surface area contributed by atoms with Crippen LogP contribution in [0.5, 0.6) is 0 Å². The molecule has 0 spiro atoms. The summed E-state index contributed by atoms with van der Waals surface area (Å²) in [5.41, 5.74) is 0.451. The van der Waals surface area contributed by atoms with Crippen molar-refractivity contribution in [2.24, 2.45) is 7.05 Å². The second-order valence-electron chi connectivity index (χ2n) is 6.09. The molecular weight excluding hydrogens is 282 g/mol. The van der Waals surface area contributed by atoms with Crippen LogP contribution < -0.4 is 0 Å². The second kappa shape index (κ2) is 5.90. The molecule has 1 fully saturated rings. The van der Waals surface area contributed by atoms with Crippen LogP contribution in [0, 0.1) is 0 Å². The number of nitrogens with zero attached hydrogens (tertiary/aromatic N) is 5. The molecule has 0 N–H and O–H groups in total. The summed E-state index contributed by atoms with van der Waals surface area (Å²) >= 11 is 0. The predicted molar refractivity (Wildman–Crippen MR) is 79.5 cm³/mol. The van der Waals surface area contributed by atoms with Gasteiger partial charge in [-0.15, -0.1) is 10.2 Å². The molecule has 22 heavy (non-hydrogen) atoms. The summed E-state index contributed by atoms with van der Waals surface area (Å²) in [7, 11) is 1.96. The Kier molecular flexibility index (Phi) is 3.96. The summed E-state index contributed by atoms with van der Waals surface area (Å²) < 4.78 is 7.31. The molecule has 7 heteroatoms. The minimum Gasteiger partial charge on any atom is -0.447 e. The zero-order valence-electron chi connectivity index (χ0n) is 13.2. The van der Waals surface area contributed by atoms with E-state index in [1.807, 2.05) is 30.4 Å². The summed E-state index contributed by atoms with van der Waals surface area (Å²) in [6.45, 7) is 5.41. The number of hydrogen-bond acceptors (Lipinski definition) is 5. The van der Waals surface area contributed by atoms with Gasteiger partial charge in [-0.3, -0.25) is 4.79 Å². The van der Waals surface area contributed by atoms with Gasteiger partial charge in [0.15, 0.2) is 12.1 Å². The topological polar surface area (TPSA) is 77.1 Å². The van der Waals surface area contributed by atoms with E-state index in [-0.39, 0.29) is 11.8 Å². The van der Waals surface area contributed by atoms with Crippen molar-refractivity contribution in [1.82, 2.24) is 24.6 Å². The Morgan fingerprint density at radius 3 is 2.68 bits per heavy atom. The van der Waals surface area contributed by atoms with Gasteiger partial charge in [0.05, 0.1) is 0 Å². The van der Waals surface area contributed by atoms with E-state index in [9.17, 15) is 4.79 Å². The summed E-state index contributed by atoms with van der Waals surface area (Å²) in [6.07, 6.45) is 4.87. The van der Waals surface area contributed by atoms with Crippen molar-refractivity contribution in [2.75, 3.05) is 13.1 Å². The van der Waals surface area contributed by atoms with Crippen molar-refractivity contribution in [3.63, 3.8) is 0 Å². The normalized spacial score (nSPS) is 16.5. The van der Waals surface area contributed by atoms with Gasteiger partial charge in [0.2, 0.25) is 0 Å². The van der Waals surface area contributed by atoms with Crippen molar-refractivity contribution in [1.29, 1.82) is 0 Å². The van der Waals surface area contributed by atoms with Crippen LogP contribution in [0.25, 0.3) is 0 Å². The lowest BCUT2D eigenvalue weighted by atomic mass is 9.95. The molecule has 0 saturated carbocycles. The molecule has 1 amide bonds. The monoisotopic (exact) mass is 303 g/mol. The van der Waals surface area contributed by atoms with Gasteiger partial charge in [-0.25, -0.2) is 4.98 Å². The van der Waals surface area contributed by atoms with Crippen LogP contribution >= 0.6 is 0 Å². The van der Waals surface area contributed by atoms with Crippen LogP contribution in [-0.4, -0.2) is 43.6 Å². The fraction of sp³-hybridized carbons (Fsp3) is 0.600. The lowest BCUT2D eigenvalue weighted by Crippen LogP contribution is -2.39. The van der Waals surface area contributed by atoms with E-state index in [1.165, 1.54) is 6.39 Å². The van der Waals surface area contributed by atoms with E-state index >= 15 is 0 Å². The van der Waals surface area contributed by atoms with Gasteiger partial charge in [0.1, 0.15) is 17.9 Å². The first-order chi connectivity index (χ1) is 10.6. The molecule has 3 rings (SSSR count). The number of rotatable bonds is 3. The first-order valence-corrected chi connectivity index (χ1v) is 7.64. The van der Waals surface area contributed by atoms with Crippen LogP contribution in [0.1, 0.15) is 60.6 Å². The van der Waals surface area contributed by atoms with Gasteiger partial charge in [0.25, 0.3) is 5.91 Å². The smallest absolute Gasteiger partial charge is 0.276 e. The van der Waals surface area contributed by atoms with Crippen molar-refractivity contribution in [2.45, 2.75) is 38.5 Å². The Hall–Kier alpha value is -2.18. The maximum Gasteiger partial charge on any atom is 0.276 e. The molecule has 1 saturated heterocycles. The highest BCUT2D eigenvalue weighted by molar-refractivity contribution is 5.93. The molecule has 0 aliphatic carbocycles. The fourth-order valence-electron chi connectivity index (χ4n) is 2.98. The Bertz CT molecular complexity index is 652. The van der Waals surface area contributed by atoms with E-state index in [4.69, 9.17) is 4.42 Å². The van der Waals surface area contributed by atoms with Crippen molar-refractivity contribution in [3.8, 4) is 0 Å². The quantitative estimate of drug-likeness (QED) is 0.866. The maximum absolute atomic E-state index is 12.6. The van der Waals surface area contributed by atoms with Crippen LogP contribution in [-0.2, 0) is 7.05 Å². The zero-order valence-corrected chi connectivity index (χ0v) is 13.2. The number of amides is 1. The third-order valence-electron chi connectivity index (χ3n) is 4.22. The fourth-order valence-corrected chi connectivity index (χ4v) is 2.98. The predicted octanol–water partition coefficient (Wildman–Crippen LogP) is 1.95. The summed E-state index contributed by atoms with van der Waals surface area (Å²) in [4.78, 5) is 18.6. The number of carbonyl (C=O) groups is 1. The van der Waals surface area contributed by atoms with E-state index in [2.05, 4.69) is 15.2 Å². The summed E-state index contributed by atoms with van der Waals surface area (Å²) in [5.74, 6) is 2.14. The van der Waals surface area contributed by atoms with Crippen LogP contribution in [0.4, 0.5) is 0 Å². The molecule has 2 aromatic rings. The van der Waals surface area contributed by atoms with Gasteiger partial charge in [-0.2, -0.15) is 0 Å². The van der Waals surface area contributed by atoms with Crippen molar-refractivity contribution < 1.29 is 9.21 Å². The number of aromatic nitrogens is 4. The lowest BCUT2D eigenvalue weighted by Gasteiger charge is -2.31. The van der Waals surface area contributed by atoms with E-state index in [1.54, 1.807) is 6.33 Å². The Morgan fingerprint density at radius 2 is 2.09 bits per heavy atom. The van der Waals surface area contributed by atoms with Gasteiger partial charge in [-0.1, -0.05) is 13.8 Å². The summed E-state index contributed by atoms with van der Waals surface area (Å²) in [6, 6.07) is 0. The number of hydrogen-bond donors (Lipinski definition) is 0. The number of aryl methyl sites for hydroxylation is 1. The SMILES string of the molecule is CC(C)c1ocnc1C(=O)N1CCC(c2nncn2C)CC1. The average Bonchev–Trinajstić information content (AvgIpc) is 3.15. The standard InChI is InChI=1S/C15H21N5O2/c1-10(2)13-12(16-9-22-13)15(21)20-6-4-11(5-7-20)14-18-17-8-19(14)3/h8-11H,4-7H2,1-3H3. The molecule has 0 unspecified atom stereocenters. The molecule has 118 valence electrons. The Morgan fingerprint density at radius 1 is 1.36 bits per heavy atom. The second-order valence-corrected chi connectivity index (χ2v) is 6.09. The third-order valence-corrected chi connectivity index (χ3v) is 4.22. The molecule has 0 bridgehead atoms. The molecule has 1 aliphatic heterocycles. The number of oxazole rings is 1. The first kappa shape index (κ1) is 14.7. The highest BCUT2D eigenvalue weighted by atomic mass is 16.3. The third kappa shape index (κ3) is 2.63. The summed E-state index contributed by atoms with van der Waals surface area (Å²) in [5, 5.41) is 8.11. The van der Waals surface area contributed by atoms with Crippen molar-refractivity contribution >= 4 is 5.91 Å². The molecule has 7 nitrogen and oxygen atoms in total. The lowest BCUT2D eigenvalue weighted by molar-refractivity contribution is 0.0702. The van der Waals surface area contributed by atoms with E-state index < -0.39 is 0 Å². The van der Waals surface area contributed by atoms with Gasteiger partial charge >= 0.3 is 0 Å². The highest BCUT2D eigenvalue weighted by Gasteiger charge is 2.29. The minimum absolute atomic E-state index is 0.0335. The largest absolute Gasteiger partial charge is 0.447 e. The highest BCUT2D eigenvalue weighted by Crippen LogP contribution is 2.28. The first-order valence-electron chi connectivity index (χ1n) is 7.64. The van der Waals surface area contributed by atoms with E-state index in [0.29, 0.717) is 30.5 Å². The number of carbonyl (C=O) groups excluding carboxylic acids is 1. The van der Waals surface area contributed by atoms with E-state index in [0.717, 1.165) is 18.7 Å². The van der Waals surface area contributed by atoms with Gasteiger partial charge < -0.3 is 13.9 Å². The molecule has 1 aliphatic rings. The van der Waals surface area contributed by atoms with Crippen LogP contribution in [0.15, 0.2) is 17.1 Å². The van der Waals surface area contributed by atoms with Gasteiger partial charge in [0, 0.05) is 32.0 Å². The van der Waals surface area contributed by atoms with Gasteiger partial charge in [-0.05, 0) is 12.8 Å². The molecule has 2 aromatic heterocycles. The maximum atomic E-state index is 12.6. The van der Waals surface area contributed by atoms with Crippen molar-refractivity contribution in [3.05, 3.63) is 30.0 Å². The molecular formula is C15H21N5O2. The molecule has 0 radical (unpaired) electrons. The number of piperidine rings is 1. The van der Waals surface area contributed by atoms with Crippen LogP contribution in [0.2, 0.25) is 0 Å². The zero-order chi connectivity index (χ0) is 15.7. The molecule has 3 heterocycles. The number of likely N-dealkylation sites (tertiary alicyclic amines) is 1.